The van der Waals surface area contributed by atoms with Crippen molar-refractivity contribution in [2.24, 2.45) is 0 Å². The van der Waals surface area contributed by atoms with Crippen LogP contribution in [0.5, 0.6) is 11.5 Å². The van der Waals surface area contributed by atoms with Crippen LogP contribution in [0.3, 0.4) is 0 Å². The number of benzene rings is 1. The van der Waals surface area contributed by atoms with E-state index in [0.29, 0.717) is 24.5 Å². The van der Waals surface area contributed by atoms with Crippen LogP contribution in [-0.2, 0) is 0 Å². The van der Waals surface area contributed by atoms with E-state index < -0.39 is 0 Å². The molecular weight excluding hydrogens is 332 g/mol. The summed E-state index contributed by atoms with van der Waals surface area (Å²) in [6.07, 6.45) is 7.46. The molecule has 0 bridgehead atoms. The maximum Gasteiger partial charge on any atom is 0.153 e. The molecular formula is C17H25BrO3. The van der Waals surface area contributed by atoms with Crippen LogP contribution in [0.15, 0.2) is 16.6 Å². The molecule has 118 valence electrons. The molecule has 1 aromatic rings. The van der Waals surface area contributed by atoms with Crippen LogP contribution in [-0.4, -0.2) is 19.5 Å². The van der Waals surface area contributed by atoms with E-state index in [4.69, 9.17) is 9.47 Å². The van der Waals surface area contributed by atoms with Crippen molar-refractivity contribution in [2.45, 2.75) is 52.4 Å². The summed E-state index contributed by atoms with van der Waals surface area (Å²) in [5, 5.41) is 0. The van der Waals surface area contributed by atoms with Gasteiger partial charge < -0.3 is 9.47 Å². The van der Waals surface area contributed by atoms with Gasteiger partial charge in [-0.3, -0.25) is 4.79 Å². The SMILES string of the molecule is CCCCCOc1cc(OCCCCC)c(C=O)cc1Br. The van der Waals surface area contributed by atoms with Crippen LogP contribution < -0.4 is 9.47 Å². The Morgan fingerprint density at radius 3 is 2.05 bits per heavy atom. The highest BCUT2D eigenvalue weighted by atomic mass is 79.9. The monoisotopic (exact) mass is 356 g/mol. The summed E-state index contributed by atoms with van der Waals surface area (Å²) in [6, 6.07) is 3.57. The number of hydrogen-bond acceptors (Lipinski definition) is 3. The Morgan fingerprint density at radius 1 is 0.952 bits per heavy atom. The fraction of sp³-hybridized carbons (Fsp3) is 0.588. The first kappa shape index (κ1) is 18.0. The van der Waals surface area contributed by atoms with Gasteiger partial charge in [0.25, 0.3) is 0 Å². The smallest absolute Gasteiger partial charge is 0.153 e. The maximum atomic E-state index is 11.1. The van der Waals surface area contributed by atoms with Gasteiger partial charge in [0.1, 0.15) is 11.5 Å². The summed E-state index contributed by atoms with van der Waals surface area (Å²) in [7, 11) is 0. The summed E-state index contributed by atoms with van der Waals surface area (Å²) in [6.45, 7) is 5.63. The first-order valence-corrected chi connectivity index (χ1v) is 8.56. The molecule has 0 aliphatic carbocycles. The molecule has 0 aliphatic heterocycles. The van der Waals surface area contributed by atoms with E-state index in [1.807, 2.05) is 6.07 Å². The van der Waals surface area contributed by atoms with Crippen molar-refractivity contribution in [2.75, 3.05) is 13.2 Å². The molecule has 0 aromatic heterocycles. The van der Waals surface area contributed by atoms with Gasteiger partial charge in [-0.1, -0.05) is 39.5 Å². The average Bonchev–Trinajstić information content (AvgIpc) is 2.50. The summed E-state index contributed by atoms with van der Waals surface area (Å²) < 4.78 is 12.3. The lowest BCUT2D eigenvalue weighted by molar-refractivity contribution is 0.111. The van der Waals surface area contributed by atoms with Gasteiger partial charge in [-0.25, -0.2) is 0 Å². The molecule has 0 amide bonds. The number of carbonyl (C=O) groups is 1. The van der Waals surface area contributed by atoms with E-state index in [1.165, 1.54) is 6.42 Å². The largest absolute Gasteiger partial charge is 0.493 e. The zero-order valence-corrected chi connectivity index (χ0v) is 14.6. The first-order valence-electron chi connectivity index (χ1n) is 7.77. The van der Waals surface area contributed by atoms with Crippen molar-refractivity contribution >= 4 is 22.2 Å². The predicted octanol–water partition coefficient (Wildman–Crippen LogP) is 5.40. The van der Waals surface area contributed by atoms with Gasteiger partial charge in [0, 0.05) is 6.07 Å². The van der Waals surface area contributed by atoms with Crippen molar-refractivity contribution in [3.8, 4) is 11.5 Å². The second-order valence-corrected chi connectivity index (χ2v) is 5.90. The van der Waals surface area contributed by atoms with E-state index in [1.54, 1.807) is 6.07 Å². The number of ether oxygens (including phenoxy) is 2. The van der Waals surface area contributed by atoms with Crippen molar-refractivity contribution in [1.29, 1.82) is 0 Å². The molecule has 4 heteroatoms. The van der Waals surface area contributed by atoms with Crippen LogP contribution in [0.25, 0.3) is 0 Å². The minimum absolute atomic E-state index is 0.555. The number of carbonyl (C=O) groups excluding carboxylic acids is 1. The van der Waals surface area contributed by atoms with Crippen LogP contribution in [0.2, 0.25) is 0 Å². The highest BCUT2D eigenvalue weighted by molar-refractivity contribution is 9.10. The van der Waals surface area contributed by atoms with Crippen LogP contribution >= 0.6 is 15.9 Å². The fourth-order valence-corrected chi connectivity index (χ4v) is 2.42. The third-order valence-electron chi connectivity index (χ3n) is 3.20. The Hall–Kier alpha value is -1.03. The maximum absolute atomic E-state index is 11.1. The Balaban J connectivity index is 2.68. The molecule has 0 heterocycles. The van der Waals surface area contributed by atoms with Gasteiger partial charge >= 0.3 is 0 Å². The molecule has 0 unspecified atom stereocenters. The Morgan fingerprint density at radius 2 is 1.52 bits per heavy atom. The molecule has 0 fully saturated rings. The summed E-state index contributed by atoms with van der Waals surface area (Å²) >= 11 is 3.44. The molecule has 21 heavy (non-hydrogen) atoms. The first-order chi connectivity index (χ1) is 10.2. The van der Waals surface area contributed by atoms with Gasteiger partial charge in [-0.05, 0) is 34.8 Å². The van der Waals surface area contributed by atoms with E-state index in [2.05, 4.69) is 29.8 Å². The van der Waals surface area contributed by atoms with Gasteiger partial charge in [0.05, 0.1) is 23.2 Å². The molecule has 3 nitrogen and oxygen atoms in total. The third-order valence-corrected chi connectivity index (χ3v) is 3.82. The minimum atomic E-state index is 0.555. The lowest BCUT2D eigenvalue weighted by Gasteiger charge is -2.13. The van der Waals surface area contributed by atoms with E-state index in [0.717, 1.165) is 48.6 Å². The van der Waals surface area contributed by atoms with Crippen molar-refractivity contribution in [3.63, 3.8) is 0 Å². The lowest BCUT2D eigenvalue weighted by atomic mass is 10.2. The van der Waals surface area contributed by atoms with Crippen molar-refractivity contribution < 1.29 is 14.3 Å². The van der Waals surface area contributed by atoms with Crippen molar-refractivity contribution in [1.82, 2.24) is 0 Å². The van der Waals surface area contributed by atoms with Crippen LogP contribution in [0, 0.1) is 0 Å². The van der Waals surface area contributed by atoms with E-state index in [9.17, 15) is 4.79 Å². The Bertz CT molecular complexity index is 432. The predicted molar refractivity (Wildman–Crippen MR) is 89.6 cm³/mol. The number of hydrogen-bond donors (Lipinski definition) is 0. The quantitative estimate of drug-likeness (QED) is 0.393. The number of halogens is 1. The minimum Gasteiger partial charge on any atom is -0.493 e. The third kappa shape index (κ3) is 6.51. The lowest BCUT2D eigenvalue weighted by Crippen LogP contribution is -2.03. The molecule has 0 saturated carbocycles. The molecule has 0 radical (unpaired) electrons. The second kappa shape index (κ2) is 10.7. The summed E-state index contributed by atoms with van der Waals surface area (Å²) in [5.74, 6) is 1.34. The van der Waals surface area contributed by atoms with E-state index in [-0.39, 0.29) is 0 Å². The van der Waals surface area contributed by atoms with Gasteiger partial charge in [-0.15, -0.1) is 0 Å². The van der Waals surface area contributed by atoms with Gasteiger partial charge in [0.15, 0.2) is 6.29 Å². The highest BCUT2D eigenvalue weighted by Crippen LogP contribution is 2.32. The standard InChI is InChI=1S/C17H25BrO3/c1-3-5-7-9-20-16-12-17(21-10-8-6-4-2)15(18)11-14(16)13-19/h11-13H,3-10H2,1-2H3. The molecule has 0 aliphatic rings. The normalized spacial score (nSPS) is 10.4. The van der Waals surface area contributed by atoms with Gasteiger partial charge in [-0.2, -0.15) is 0 Å². The van der Waals surface area contributed by atoms with Crippen LogP contribution in [0.4, 0.5) is 0 Å². The molecule has 0 atom stereocenters. The number of rotatable bonds is 11. The Labute approximate surface area is 136 Å². The summed E-state index contributed by atoms with van der Waals surface area (Å²) in [4.78, 5) is 11.1. The molecule has 1 aromatic carbocycles. The second-order valence-electron chi connectivity index (χ2n) is 5.05. The average molecular weight is 357 g/mol. The summed E-state index contributed by atoms with van der Waals surface area (Å²) in [5.41, 5.74) is 0.555. The van der Waals surface area contributed by atoms with Crippen molar-refractivity contribution in [3.05, 3.63) is 22.2 Å². The number of unbranched alkanes of at least 4 members (excludes halogenated alkanes) is 4. The Kier molecular flexibility index (Phi) is 9.15. The highest BCUT2D eigenvalue weighted by Gasteiger charge is 2.10. The topological polar surface area (TPSA) is 35.5 Å². The zero-order chi connectivity index (χ0) is 15.5. The molecule has 0 saturated heterocycles. The van der Waals surface area contributed by atoms with Gasteiger partial charge in [0.2, 0.25) is 0 Å². The molecule has 0 spiro atoms. The van der Waals surface area contributed by atoms with E-state index >= 15 is 0 Å². The molecule has 1 rings (SSSR count). The fourth-order valence-electron chi connectivity index (χ4n) is 1.95. The zero-order valence-electron chi connectivity index (χ0n) is 13.0. The van der Waals surface area contributed by atoms with Crippen LogP contribution in [0.1, 0.15) is 62.7 Å². The number of aldehydes is 1. The molecule has 0 N–H and O–H groups in total.